The molecule has 1 nitrogen and oxygen atoms in total. The summed E-state index contributed by atoms with van der Waals surface area (Å²) < 4.78 is 0. The summed E-state index contributed by atoms with van der Waals surface area (Å²) in [6.07, 6.45) is 7.36. The molecule has 0 heterocycles. The minimum Gasteiger partial charge on any atom is -0.328 e. The normalized spacial score (nSPS) is 12.8. The van der Waals surface area contributed by atoms with Crippen molar-refractivity contribution in [2.45, 2.75) is 34.1 Å². The Morgan fingerprint density at radius 1 is 1.06 bits per heavy atom. The molecule has 0 radical (unpaired) electrons. The fraction of sp³-hybridized carbons (Fsp3) is 0.500. The van der Waals surface area contributed by atoms with Crippen LogP contribution in [0, 0.1) is 0 Å². The fourth-order valence-electron chi connectivity index (χ4n) is 1.63. The smallest absolute Gasteiger partial charge is 0.0341 e. The van der Waals surface area contributed by atoms with Gasteiger partial charge in [-0.2, -0.15) is 0 Å². The van der Waals surface area contributed by atoms with Gasteiger partial charge in [-0.15, -0.1) is 35.3 Å². The Morgan fingerprint density at radius 2 is 1.56 bits per heavy atom. The third kappa shape index (κ3) is 3.62. The highest BCUT2D eigenvalue weighted by atomic mass is 32.2. The molecule has 0 aliphatic carbocycles. The lowest BCUT2D eigenvalue weighted by Crippen LogP contribution is -2.17. The summed E-state index contributed by atoms with van der Waals surface area (Å²) in [6.45, 7) is 2.06. The van der Waals surface area contributed by atoms with Crippen molar-refractivity contribution < 1.29 is 0 Å². The first kappa shape index (κ1) is 14.3. The van der Waals surface area contributed by atoms with Crippen LogP contribution < -0.4 is 5.73 Å². The third-order valence-corrected chi connectivity index (χ3v) is 4.91. The zero-order valence-electron chi connectivity index (χ0n) is 10.2. The lowest BCUT2D eigenvalue weighted by Gasteiger charge is -2.14. The summed E-state index contributed by atoms with van der Waals surface area (Å²) in [4.78, 5) is 4.14. The number of hydrogen-bond donors (Lipinski definition) is 1. The Hall–Kier alpha value is 0.230. The van der Waals surface area contributed by atoms with Crippen molar-refractivity contribution in [1.29, 1.82) is 0 Å². The predicted octanol–water partition coefficient (Wildman–Crippen LogP) is 3.74. The standard InChI is InChI=1S/C12H19NS3/c1-8(13)5-9-6-10(14-2)12(16-4)11(7-9)15-3/h6-8H,5,13H2,1-4H3. The predicted molar refractivity (Wildman–Crippen MR) is 79.1 cm³/mol. The van der Waals surface area contributed by atoms with E-state index in [1.54, 1.807) is 0 Å². The zero-order chi connectivity index (χ0) is 12.1. The Morgan fingerprint density at radius 3 is 1.88 bits per heavy atom. The molecule has 1 aromatic carbocycles. The van der Waals surface area contributed by atoms with Gasteiger partial charge in [-0.05, 0) is 49.8 Å². The van der Waals surface area contributed by atoms with Gasteiger partial charge in [-0.3, -0.25) is 0 Å². The lowest BCUT2D eigenvalue weighted by molar-refractivity contribution is 0.733. The Balaban J connectivity index is 3.15. The minimum absolute atomic E-state index is 0.226. The van der Waals surface area contributed by atoms with Gasteiger partial charge < -0.3 is 5.73 Å². The third-order valence-electron chi connectivity index (χ3n) is 2.28. The van der Waals surface area contributed by atoms with E-state index in [0.717, 1.165) is 6.42 Å². The molecule has 0 spiro atoms. The van der Waals surface area contributed by atoms with Crippen LogP contribution in [0.4, 0.5) is 0 Å². The van der Waals surface area contributed by atoms with Crippen molar-refractivity contribution >= 4 is 35.3 Å². The topological polar surface area (TPSA) is 26.0 Å². The van der Waals surface area contributed by atoms with Gasteiger partial charge in [-0.1, -0.05) is 0 Å². The van der Waals surface area contributed by atoms with E-state index in [9.17, 15) is 0 Å². The monoisotopic (exact) mass is 273 g/mol. The van der Waals surface area contributed by atoms with Crippen LogP contribution >= 0.6 is 35.3 Å². The Bertz CT molecular complexity index is 325. The number of thioether (sulfide) groups is 3. The van der Waals surface area contributed by atoms with Crippen molar-refractivity contribution in [2.24, 2.45) is 5.73 Å². The second-order valence-corrected chi connectivity index (χ2v) is 6.23. The van der Waals surface area contributed by atoms with Crippen LogP contribution in [0.5, 0.6) is 0 Å². The molecule has 1 rings (SSSR count). The summed E-state index contributed by atoms with van der Waals surface area (Å²) in [5, 5.41) is 0. The molecule has 1 aromatic rings. The molecule has 2 N–H and O–H groups in total. The molecule has 0 aliphatic rings. The first-order valence-electron chi connectivity index (χ1n) is 5.16. The lowest BCUT2D eigenvalue weighted by atomic mass is 10.1. The van der Waals surface area contributed by atoms with Crippen LogP contribution in [0.3, 0.4) is 0 Å². The molecule has 0 aromatic heterocycles. The molecule has 0 fully saturated rings. The van der Waals surface area contributed by atoms with Gasteiger partial charge in [-0.25, -0.2) is 0 Å². The minimum atomic E-state index is 0.226. The summed E-state index contributed by atoms with van der Waals surface area (Å²) in [5.41, 5.74) is 7.21. The molecule has 0 aliphatic heterocycles. The zero-order valence-corrected chi connectivity index (χ0v) is 12.7. The van der Waals surface area contributed by atoms with Gasteiger partial charge >= 0.3 is 0 Å². The summed E-state index contributed by atoms with van der Waals surface area (Å²) in [7, 11) is 0. The molecular weight excluding hydrogens is 254 g/mol. The molecule has 4 heteroatoms. The molecule has 1 atom stereocenters. The molecule has 16 heavy (non-hydrogen) atoms. The van der Waals surface area contributed by atoms with Crippen molar-refractivity contribution in [3.8, 4) is 0 Å². The van der Waals surface area contributed by atoms with Gasteiger partial charge in [0.05, 0.1) is 0 Å². The first-order valence-corrected chi connectivity index (χ1v) is 8.84. The number of benzene rings is 1. The van der Waals surface area contributed by atoms with E-state index in [4.69, 9.17) is 5.73 Å². The van der Waals surface area contributed by atoms with Crippen molar-refractivity contribution in [1.82, 2.24) is 0 Å². The van der Waals surface area contributed by atoms with Crippen LogP contribution in [-0.4, -0.2) is 24.8 Å². The molecular formula is C12H19NS3. The first-order chi connectivity index (χ1) is 7.62. The van der Waals surface area contributed by atoms with Gasteiger partial charge in [0.15, 0.2) is 0 Å². The average Bonchev–Trinajstić information content (AvgIpc) is 2.26. The van der Waals surface area contributed by atoms with Crippen molar-refractivity contribution in [3.05, 3.63) is 17.7 Å². The van der Waals surface area contributed by atoms with E-state index in [0.29, 0.717) is 0 Å². The van der Waals surface area contributed by atoms with E-state index >= 15 is 0 Å². The quantitative estimate of drug-likeness (QED) is 0.827. The highest BCUT2D eigenvalue weighted by Gasteiger charge is 2.10. The Labute approximate surface area is 111 Å². The van der Waals surface area contributed by atoms with Crippen LogP contribution in [0.2, 0.25) is 0 Å². The van der Waals surface area contributed by atoms with E-state index in [-0.39, 0.29) is 6.04 Å². The average molecular weight is 273 g/mol. The van der Waals surface area contributed by atoms with Crippen molar-refractivity contribution in [3.63, 3.8) is 0 Å². The SMILES string of the molecule is CSc1cc(CC(C)N)cc(SC)c1SC. The van der Waals surface area contributed by atoms with Crippen LogP contribution in [0.1, 0.15) is 12.5 Å². The maximum atomic E-state index is 5.86. The second kappa shape index (κ2) is 6.84. The number of rotatable bonds is 5. The molecule has 90 valence electrons. The molecule has 1 unspecified atom stereocenters. The maximum Gasteiger partial charge on any atom is 0.0341 e. The molecule has 0 saturated carbocycles. The van der Waals surface area contributed by atoms with E-state index in [1.807, 2.05) is 35.3 Å². The van der Waals surface area contributed by atoms with Crippen LogP contribution in [0.15, 0.2) is 26.8 Å². The summed E-state index contributed by atoms with van der Waals surface area (Å²) >= 11 is 5.46. The molecule has 0 saturated heterocycles. The largest absolute Gasteiger partial charge is 0.328 e. The van der Waals surface area contributed by atoms with E-state index in [1.165, 1.54) is 20.2 Å². The van der Waals surface area contributed by atoms with Gasteiger partial charge in [0.25, 0.3) is 0 Å². The summed E-state index contributed by atoms with van der Waals surface area (Å²) in [5.74, 6) is 0. The van der Waals surface area contributed by atoms with Crippen LogP contribution in [0.25, 0.3) is 0 Å². The fourth-order valence-corrected chi connectivity index (χ4v) is 4.34. The van der Waals surface area contributed by atoms with Gasteiger partial charge in [0.2, 0.25) is 0 Å². The summed E-state index contributed by atoms with van der Waals surface area (Å²) in [6, 6.07) is 4.78. The second-order valence-electron chi connectivity index (χ2n) is 3.71. The van der Waals surface area contributed by atoms with Gasteiger partial charge in [0.1, 0.15) is 0 Å². The highest BCUT2D eigenvalue weighted by Crippen LogP contribution is 2.37. The number of nitrogens with two attached hydrogens (primary N) is 1. The molecule has 0 bridgehead atoms. The molecule has 0 amide bonds. The maximum absolute atomic E-state index is 5.86. The van der Waals surface area contributed by atoms with E-state index in [2.05, 4.69) is 37.8 Å². The highest BCUT2D eigenvalue weighted by molar-refractivity contribution is 8.03. The van der Waals surface area contributed by atoms with Crippen molar-refractivity contribution in [2.75, 3.05) is 18.8 Å². The van der Waals surface area contributed by atoms with Crippen LogP contribution in [-0.2, 0) is 6.42 Å². The number of hydrogen-bond acceptors (Lipinski definition) is 4. The van der Waals surface area contributed by atoms with Gasteiger partial charge in [0, 0.05) is 20.7 Å². The van der Waals surface area contributed by atoms with E-state index < -0.39 is 0 Å². The Kier molecular flexibility index (Phi) is 6.11.